The average Bonchev–Trinajstić information content (AvgIpc) is 2.51. The molecule has 0 unspecified atom stereocenters. The maximum absolute atomic E-state index is 12.8. The van der Waals surface area contributed by atoms with Crippen LogP contribution in [0.5, 0.6) is 0 Å². The largest absolute Gasteiger partial charge is 0.416 e. The minimum Gasteiger partial charge on any atom is -0.348 e. The maximum Gasteiger partial charge on any atom is 0.416 e. The van der Waals surface area contributed by atoms with Crippen LogP contribution in [0, 0.1) is 6.92 Å². The predicted octanol–water partition coefficient (Wildman–Crippen LogP) is 4.12. The zero-order valence-electron chi connectivity index (χ0n) is 14.1. The highest BCUT2D eigenvalue weighted by Gasteiger charge is 2.30. The summed E-state index contributed by atoms with van der Waals surface area (Å²) in [6, 6.07) is 5.95. The van der Waals surface area contributed by atoms with Crippen molar-refractivity contribution in [3.05, 3.63) is 63.4 Å². The number of nitrogens with one attached hydrogen (secondary N) is 1. The van der Waals surface area contributed by atoms with Gasteiger partial charge in [0, 0.05) is 34.9 Å². The molecule has 0 bridgehead atoms. The van der Waals surface area contributed by atoms with Crippen molar-refractivity contribution < 1.29 is 22.8 Å². The molecule has 26 heavy (non-hydrogen) atoms. The van der Waals surface area contributed by atoms with Gasteiger partial charge in [0.05, 0.1) is 5.56 Å². The predicted molar refractivity (Wildman–Crippen MR) is 91.0 cm³/mol. The molecule has 1 aromatic carbocycles. The first kappa shape index (κ1) is 19.9. The summed E-state index contributed by atoms with van der Waals surface area (Å²) in [7, 11) is 0. The van der Waals surface area contributed by atoms with E-state index in [4.69, 9.17) is 11.6 Å². The number of aromatic nitrogens is 1. The van der Waals surface area contributed by atoms with Gasteiger partial charge in [0.25, 0.3) is 5.91 Å². The first-order valence-electron chi connectivity index (χ1n) is 7.67. The molecule has 0 aliphatic carbocycles. The van der Waals surface area contributed by atoms with Gasteiger partial charge in [0.15, 0.2) is 0 Å². The highest BCUT2D eigenvalue weighted by molar-refractivity contribution is 6.31. The van der Waals surface area contributed by atoms with E-state index in [1.807, 2.05) is 0 Å². The van der Waals surface area contributed by atoms with E-state index < -0.39 is 17.6 Å². The quantitative estimate of drug-likeness (QED) is 0.843. The highest BCUT2D eigenvalue weighted by Crippen LogP contribution is 2.31. The molecule has 0 aliphatic heterocycles. The summed E-state index contributed by atoms with van der Waals surface area (Å²) in [5.41, 5.74) is 0.613. The topological polar surface area (TPSA) is 59.1 Å². The van der Waals surface area contributed by atoms with Crippen molar-refractivity contribution in [3.8, 4) is 0 Å². The molecule has 1 heterocycles. The minimum absolute atomic E-state index is 0.0924. The SMILES string of the molecule is CC(=O)Cc1cc(C(=O)NCc2cc(C(F)(F)F)ccc2Cl)cc(C)n1. The van der Waals surface area contributed by atoms with Crippen LogP contribution >= 0.6 is 11.6 Å². The summed E-state index contributed by atoms with van der Waals surface area (Å²) in [5, 5.41) is 2.67. The zero-order valence-corrected chi connectivity index (χ0v) is 14.8. The molecule has 0 atom stereocenters. The highest BCUT2D eigenvalue weighted by atomic mass is 35.5. The van der Waals surface area contributed by atoms with Crippen LogP contribution in [0.15, 0.2) is 30.3 Å². The first-order valence-corrected chi connectivity index (χ1v) is 8.05. The molecular formula is C18H16ClF3N2O2. The van der Waals surface area contributed by atoms with Crippen LogP contribution in [0.1, 0.15) is 39.8 Å². The minimum atomic E-state index is -4.49. The molecule has 8 heteroatoms. The number of pyridine rings is 1. The summed E-state index contributed by atoms with van der Waals surface area (Å²) in [6.45, 7) is 2.94. The Morgan fingerprint density at radius 2 is 1.88 bits per heavy atom. The third kappa shape index (κ3) is 5.29. The number of hydrogen-bond acceptors (Lipinski definition) is 3. The molecule has 1 amide bonds. The number of Topliss-reactive ketones (excluding diaryl/α,β-unsaturated/α-hetero) is 1. The molecule has 0 spiro atoms. The Morgan fingerprint density at radius 1 is 1.19 bits per heavy atom. The Morgan fingerprint density at radius 3 is 2.50 bits per heavy atom. The van der Waals surface area contributed by atoms with E-state index in [0.29, 0.717) is 11.4 Å². The molecule has 0 saturated heterocycles. The molecule has 1 N–H and O–H groups in total. The van der Waals surface area contributed by atoms with Gasteiger partial charge in [0.2, 0.25) is 0 Å². The van der Waals surface area contributed by atoms with Gasteiger partial charge in [-0.15, -0.1) is 0 Å². The molecule has 0 aliphatic rings. The molecular weight excluding hydrogens is 369 g/mol. The summed E-state index contributed by atoms with van der Waals surface area (Å²) in [6.07, 6.45) is -4.39. The fourth-order valence-electron chi connectivity index (χ4n) is 2.38. The van der Waals surface area contributed by atoms with Crippen LogP contribution in [-0.2, 0) is 23.9 Å². The van der Waals surface area contributed by atoms with E-state index >= 15 is 0 Å². The van der Waals surface area contributed by atoms with Crippen LogP contribution in [-0.4, -0.2) is 16.7 Å². The Kier molecular flexibility index (Phi) is 6.02. The van der Waals surface area contributed by atoms with Crippen molar-refractivity contribution in [2.24, 2.45) is 0 Å². The molecule has 2 rings (SSSR count). The first-order chi connectivity index (χ1) is 12.1. The van der Waals surface area contributed by atoms with Crippen molar-refractivity contribution in [2.75, 3.05) is 0 Å². The van der Waals surface area contributed by atoms with Gasteiger partial charge in [0.1, 0.15) is 5.78 Å². The Balaban J connectivity index is 2.16. The molecule has 0 saturated carbocycles. The summed E-state index contributed by atoms with van der Waals surface area (Å²) >= 11 is 5.92. The average molecular weight is 385 g/mol. The lowest BCUT2D eigenvalue weighted by Crippen LogP contribution is -2.24. The van der Waals surface area contributed by atoms with Crippen molar-refractivity contribution in [3.63, 3.8) is 0 Å². The van der Waals surface area contributed by atoms with Crippen molar-refractivity contribution >= 4 is 23.3 Å². The second-order valence-electron chi connectivity index (χ2n) is 5.85. The number of amides is 1. The van der Waals surface area contributed by atoms with Crippen LogP contribution in [0.3, 0.4) is 0 Å². The molecule has 138 valence electrons. The van der Waals surface area contributed by atoms with E-state index in [-0.39, 0.29) is 34.9 Å². The fourth-order valence-corrected chi connectivity index (χ4v) is 2.56. The number of nitrogens with zero attached hydrogens (tertiary/aromatic N) is 1. The van der Waals surface area contributed by atoms with E-state index in [0.717, 1.165) is 18.2 Å². The molecule has 2 aromatic rings. The van der Waals surface area contributed by atoms with Gasteiger partial charge in [-0.2, -0.15) is 13.2 Å². The number of carbonyl (C=O) groups is 2. The Bertz CT molecular complexity index is 851. The van der Waals surface area contributed by atoms with Gasteiger partial charge in [-0.25, -0.2) is 0 Å². The lowest BCUT2D eigenvalue weighted by molar-refractivity contribution is -0.137. The Labute approximate surface area is 153 Å². The number of aryl methyl sites for hydroxylation is 1. The van der Waals surface area contributed by atoms with E-state index in [1.165, 1.54) is 19.1 Å². The van der Waals surface area contributed by atoms with Crippen molar-refractivity contribution in [2.45, 2.75) is 33.0 Å². The number of rotatable bonds is 5. The lowest BCUT2D eigenvalue weighted by Gasteiger charge is -2.12. The number of benzene rings is 1. The van der Waals surface area contributed by atoms with E-state index in [9.17, 15) is 22.8 Å². The Hall–Kier alpha value is -2.41. The second kappa shape index (κ2) is 7.86. The van der Waals surface area contributed by atoms with E-state index in [2.05, 4.69) is 10.3 Å². The van der Waals surface area contributed by atoms with Crippen molar-refractivity contribution in [1.29, 1.82) is 0 Å². The normalized spacial score (nSPS) is 11.3. The molecule has 0 fully saturated rings. The molecule has 1 aromatic heterocycles. The number of carbonyl (C=O) groups excluding carboxylic acids is 2. The smallest absolute Gasteiger partial charge is 0.348 e. The van der Waals surface area contributed by atoms with Crippen LogP contribution in [0.25, 0.3) is 0 Å². The van der Waals surface area contributed by atoms with Crippen LogP contribution in [0.2, 0.25) is 5.02 Å². The van der Waals surface area contributed by atoms with Crippen molar-refractivity contribution in [1.82, 2.24) is 10.3 Å². The van der Waals surface area contributed by atoms with Crippen LogP contribution in [0.4, 0.5) is 13.2 Å². The van der Waals surface area contributed by atoms with Gasteiger partial charge in [-0.1, -0.05) is 11.6 Å². The summed E-state index contributed by atoms with van der Waals surface area (Å²) < 4.78 is 38.4. The fraction of sp³-hybridized carbons (Fsp3) is 0.278. The molecule has 0 radical (unpaired) electrons. The van der Waals surface area contributed by atoms with Gasteiger partial charge < -0.3 is 5.32 Å². The summed E-state index contributed by atoms with van der Waals surface area (Å²) in [5.74, 6) is -0.584. The van der Waals surface area contributed by atoms with Gasteiger partial charge in [-0.05, 0) is 49.7 Å². The van der Waals surface area contributed by atoms with Gasteiger partial charge >= 0.3 is 6.18 Å². The number of alkyl halides is 3. The van der Waals surface area contributed by atoms with Crippen LogP contribution < -0.4 is 5.32 Å². The third-order valence-corrected chi connectivity index (χ3v) is 3.88. The zero-order chi connectivity index (χ0) is 19.5. The number of ketones is 1. The number of halogens is 4. The van der Waals surface area contributed by atoms with Gasteiger partial charge in [-0.3, -0.25) is 14.6 Å². The monoisotopic (exact) mass is 384 g/mol. The maximum atomic E-state index is 12.8. The number of hydrogen-bond donors (Lipinski definition) is 1. The third-order valence-electron chi connectivity index (χ3n) is 3.51. The standard InChI is InChI=1S/C18H16ClF3N2O2/c1-10-5-12(8-15(24-10)6-11(2)25)17(26)23-9-13-7-14(18(20,21)22)3-4-16(13)19/h3-5,7-8H,6,9H2,1-2H3,(H,23,26). The van der Waals surface area contributed by atoms with E-state index in [1.54, 1.807) is 6.92 Å². The molecule has 4 nitrogen and oxygen atoms in total. The lowest BCUT2D eigenvalue weighted by atomic mass is 10.1. The summed E-state index contributed by atoms with van der Waals surface area (Å²) in [4.78, 5) is 27.7. The second-order valence-corrected chi connectivity index (χ2v) is 6.26.